The van der Waals surface area contributed by atoms with Gasteiger partial charge in [-0.25, -0.2) is 4.98 Å². The van der Waals surface area contributed by atoms with E-state index in [-0.39, 0.29) is 0 Å². The Morgan fingerprint density at radius 2 is 2.40 bits per heavy atom. The normalized spacial score (nSPS) is 9.80. The zero-order chi connectivity index (χ0) is 7.40. The van der Waals surface area contributed by atoms with Crippen LogP contribution in [0.25, 0.3) is 0 Å². The Morgan fingerprint density at radius 3 is 2.90 bits per heavy atom. The van der Waals surface area contributed by atoms with Crippen molar-refractivity contribution in [2.24, 2.45) is 0 Å². The fourth-order valence-corrected chi connectivity index (χ4v) is 0.657. The van der Waals surface area contributed by atoms with Gasteiger partial charge in [0, 0.05) is 7.11 Å². The number of aromatic nitrogens is 2. The first-order valence-corrected chi connectivity index (χ1v) is 2.93. The first-order chi connectivity index (χ1) is 4.86. The molecule has 56 valence electrons. The summed E-state index contributed by atoms with van der Waals surface area (Å²) in [5.74, 6) is 1.44. The summed E-state index contributed by atoms with van der Waals surface area (Å²) in [6.45, 7) is 0.489. The average Bonchev–Trinajstić information content (AvgIpc) is 2.37. The van der Waals surface area contributed by atoms with Crippen molar-refractivity contribution in [3.05, 3.63) is 12.0 Å². The fourth-order valence-electron chi connectivity index (χ4n) is 0.657. The van der Waals surface area contributed by atoms with Crippen molar-refractivity contribution in [1.29, 1.82) is 0 Å². The van der Waals surface area contributed by atoms with E-state index in [1.54, 1.807) is 20.4 Å². The smallest absolute Gasteiger partial charge is 0.210 e. The van der Waals surface area contributed by atoms with Gasteiger partial charge in [0.2, 0.25) is 5.88 Å². The number of H-pyrrole nitrogens is 1. The van der Waals surface area contributed by atoms with Crippen LogP contribution in [0.2, 0.25) is 0 Å². The van der Waals surface area contributed by atoms with Crippen molar-refractivity contribution in [2.75, 3.05) is 14.2 Å². The van der Waals surface area contributed by atoms with Gasteiger partial charge in [0.05, 0.1) is 13.3 Å². The molecule has 4 heteroatoms. The molecule has 0 aliphatic carbocycles. The summed E-state index contributed by atoms with van der Waals surface area (Å²) in [5, 5.41) is 0. The molecule has 0 atom stereocenters. The molecular formula is C6H10N2O2. The summed E-state index contributed by atoms with van der Waals surface area (Å²) < 4.78 is 9.70. The monoisotopic (exact) mass is 142 g/mol. The number of aromatic amines is 1. The topological polar surface area (TPSA) is 47.1 Å². The zero-order valence-electron chi connectivity index (χ0n) is 6.05. The summed E-state index contributed by atoms with van der Waals surface area (Å²) in [7, 11) is 3.21. The molecule has 0 saturated carbocycles. The van der Waals surface area contributed by atoms with Crippen molar-refractivity contribution in [1.82, 2.24) is 9.97 Å². The quantitative estimate of drug-likeness (QED) is 0.671. The summed E-state index contributed by atoms with van der Waals surface area (Å²) in [6, 6.07) is 0. The molecule has 0 aromatic carbocycles. The van der Waals surface area contributed by atoms with E-state index in [0.717, 1.165) is 5.82 Å². The molecule has 10 heavy (non-hydrogen) atoms. The lowest BCUT2D eigenvalue weighted by Gasteiger charge is -1.92. The molecular weight excluding hydrogens is 132 g/mol. The number of hydrogen-bond acceptors (Lipinski definition) is 3. The van der Waals surface area contributed by atoms with E-state index in [9.17, 15) is 0 Å². The highest BCUT2D eigenvalue weighted by Crippen LogP contribution is 2.04. The molecule has 0 unspecified atom stereocenters. The molecule has 1 aromatic rings. The number of imidazole rings is 1. The van der Waals surface area contributed by atoms with Crippen LogP contribution >= 0.6 is 0 Å². The van der Waals surface area contributed by atoms with E-state index in [2.05, 4.69) is 9.97 Å². The SMILES string of the molecule is COCc1ncc(OC)[nH]1. The Bertz CT molecular complexity index is 197. The van der Waals surface area contributed by atoms with Gasteiger partial charge in [-0.15, -0.1) is 0 Å². The molecule has 1 N–H and O–H groups in total. The Balaban J connectivity index is 2.59. The minimum Gasteiger partial charge on any atom is -0.481 e. The van der Waals surface area contributed by atoms with Crippen LogP contribution in [-0.4, -0.2) is 24.2 Å². The van der Waals surface area contributed by atoms with Crippen LogP contribution in [-0.2, 0) is 11.3 Å². The summed E-state index contributed by atoms with van der Waals surface area (Å²) in [4.78, 5) is 6.88. The number of ether oxygens (including phenoxy) is 2. The zero-order valence-corrected chi connectivity index (χ0v) is 6.05. The van der Waals surface area contributed by atoms with E-state index in [0.29, 0.717) is 12.5 Å². The van der Waals surface area contributed by atoms with E-state index in [1.807, 2.05) is 0 Å². The minimum absolute atomic E-state index is 0.489. The maximum Gasteiger partial charge on any atom is 0.210 e. The number of rotatable bonds is 3. The van der Waals surface area contributed by atoms with E-state index in [1.165, 1.54) is 0 Å². The molecule has 0 radical (unpaired) electrons. The molecule has 0 aliphatic heterocycles. The molecule has 0 saturated heterocycles. The lowest BCUT2D eigenvalue weighted by Crippen LogP contribution is -1.89. The van der Waals surface area contributed by atoms with Crippen LogP contribution in [0.3, 0.4) is 0 Å². The Hall–Kier alpha value is -1.03. The van der Waals surface area contributed by atoms with Crippen molar-refractivity contribution in [2.45, 2.75) is 6.61 Å². The van der Waals surface area contributed by atoms with Gasteiger partial charge in [0.25, 0.3) is 0 Å². The van der Waals surface area contributed by atoms with Crippen molar-refractivity contribution >= 4 is 0 Å². The fraction of sp³-hybridized carbons (Fsp3) is 0.500. The van der Waals surface area contributed by atoms with E-state index < -0.39 is 0 Å². The molecule has 4 nitrogen and oxygen atoms in total. The average molecular weight is 142 g/mol. The van der Waals surface area contributed by atoms with Crippen LogP contribution < -0.4 is 4.74 Å². The first kappa shape index (κ1) is 7.08. The number of hydrogen-bond donors (Lipinski definition) is 1. The van der Waals surface area contributed by atoms with Crippen LogP contribution in [0.4, 0.5) is 0 Å². The van der Waals surface area contributed by atoms with Crippen LogP contribution in [0, 0.1) is 0 Å². The largest absolute Gasteiger partial charge is 0.481 e. The maximum atomic E-state index is 4.87. The van der Waals surface area contributed by atoms with Crippen LogP contribution in [0.15, 0.2) is 6.20 Å². The third-order valence-corrected chi connectivity index (χ3v) is 1.11. The molecule has 0 bridgehead atoms. The molecule has 0 aliphatic rings. The molecule has 1 heterocycles. The third-order valence-electron chi connectivity index (χ3n) is 1.11. The second kappa shape index (κ2) is 3.22. The van der Waals surface area contributed by atoms with Gasteiger partial charge < -0.3 is 14.5 Å². The molecule has 0 spiro atoms. The summed E-state index contributed by atoms with van der Waals surface area (Å²) >= 11 is 0. The third kappa shape index (κ3) is 1.48. The second-order valence-electron chi connectivity index (χ2n) is 1.83. The van der Waals surface area contributed by atoms with Gasteiger partial charge in [-0.2, -0.15) is 0 Å². The Morgan fingerprint density at radius 1 is 1.60 bits per heavy atom. The van der Waals surface area contributed by atoms with Crippen LogP contribution in [0.5, 0.6) is 5.88 Å². The number of methoxy groups -OCH3 is 2. The van der Waals surface area contributed by atoms with Gasteiger partial charge in [0.15, 0.2) is 0 Å². The van der Waals surface area contributed by atoms with Gasteiger partial charge in [-0.1, -0.05) is 0 Å². The predicted molar refractivity (Wildman–Crippen MR) is 35.9 cm³/mol. The predicted octanol–water partition coefficient (Wildman–Crippen LogP) is 0.565. The second-order valence-corrected chi connectivity index (χ2v) is 1.83. The van der Waals surface area contributed by atoms with Crippen molar-refractivity contribution in [3.8, 4) is 5.88 Å². The Kier molecular flexibility index (Phi) is 2.28. The van der Waals surface area contributed by atoms with Crippen LogP contribution in [0.1, 0.15) is 5.82 Å². The van der Waals surface area contributed by atoms with Gasteiger partial charge >= 0.3 is 0 Å². The van der Waals surface area contributed by atoms with Crippen molar-refractivity contribution < 1.29 is 9.47 Å². The molecule has 1 aromatic heterocycles. The summed E-state index contributed by atoms with van der Waals surface area (Å²) in [5.41, 5.74) is 0. The Labute approximate surface area is 59.2 Å². The van der Waals surface area contributed by atoms with Crippen molar-refractivity contribution in [3.63, 3.8) is 0 Å². The highest BCUT2D eigenvalue weighted by atomic mass is 16.5. The molecule has 1 rings (SSSR count). The lowest BCUT2D eigenvalue weighted by atomic mass is 10.7. The molecule has 0 amide bonds. The van der Waals surface area contributed by atoms with Gasteiger partial charge in [-0.05, 0) is 0 Å². The lowest BCUT2D eigenvalue weighted by molar-refractivity contribution is 0.178. The van der Waals surface area contributed by atoms with E-state index in [4.69, 9.17) is 9.47 Å². The van der Waals surface area contributed by atoms with E-state index >= 15 is 0 Å². The number of nitrogens with zero attached hydrogens (tertiary/aromatic N) is 1. The van der Waals surface area contributed by atoms with Gasteiger partial charge in [0.1, 0.15) is 12.4 Å². The highest BCUT2D eigenvalue weighted by Gasteiger charge is 1.97. The first-order valence-electron chi connectivity index (χ1n) is 2.93. The standard InChI is InChI=1S/C6H10N2O2/c1-9-4-5-7-3-6(8-5)10-2/h3H,4H2,1-2H3,(H,7,8). The number of nitrogens with one attached hydrogen (secondary N) is 1. The van der Waals surface area contributed by atoms with Gasteiger partial charge in [-0.3, -0.25) is 0 Å². The summed E-state index contributed by atoms with van der Waals surface area (Å²) in [6.07, 6.45) is 1.62. The molecule has 0 fully saturated rings. The maximum absolute atomic E-state index is 4.87. The minimum atomic E-state index is 0.489. The highest BCUT2D eigenvalue weighted by molar-refractivity contribution is 5.06.